The third kappa shape index (κ3) is 3.53. The molecule has 2 saturated heterocycles. The number of nitrogens with two attached hydrogens (primary N) is 1. The molecule has 2 fully saturated rings. The molecular formula is C17H23Cl2N3O2. The van der Waals surface area contributed by atoms with E-state index in [0.717, 1.165) is 12.1 Å². The summed E-state index contributed by atoms with van der Waals surface area (Å²) in [6.07, 6.45) is 1.47. The molecule has 2 aliphatic heterocycles. The van der Waals surface area contributed by atoms with Crippen LogP contribution in [0.5, 0.6) is 0 Å². The van der Waals surface area contributed by atoms with Gasteiger partial charge in [-0.15, -0.1) is 12.4 Å². The summed E-state index contributed by atoms with van der Waals surface area (Å²) in [7, 11) is 0. The number of benzene rings is 1. The smallest absolute Gasteiger partial charge is 0.239 e. The lowest BCUT2D eigenvalue weighted by Crippen LogP contribution is -2.42. The Labute approximate surface area is 153 Å². The van der Waals surface area contributed by atoms with Gasteiger partial charge in [0.25, 0.3) is 0 Å². The molecule has 3 atom stereocenters. The van der Waals surface area contributed by atoms with Gasteiger partial charge < -0.3 is 15.5 Å². The van der Waals surface area contributed by atoms with Crippen LogP contribution in [0.25, 0.3) is 0 Å². The number of likely N-dealkylation sites (tertiary alicyclic amines) is 1. The van der Waals surface area contributed by atoms with Crippen LogP contribution in [0.3, 0.4) is 0 Å². The van der Waals surface area contributed by atoms with Crippen molar-refractivity contribution in [1.82, 2.24) is 4.90 Å². The molecule has 0 bridgehead atoms. The second-order valence-corrected chi connectivity index (χ2v) is 6.92. The van der Waals surface area contributed by atoms with E-state index in [4.69, 9.17) is 17.3 Å². The molecule has 3 rings (SSSR count). The minimum Gasteiger partial charge on any atom is -0.339 e. The molecule has 0 aliphatic carbocycles. The van der Waals surface area contributed by atoms with Crippen molar-refractivity contribution in [1.29, 1.82) is 0 Å². The van der Waals surface area contributed by atoms with Crippen molar-refractivity contribution in [3.8, 4) is 0 Å². The van der Waals surface area contributed by atoms with Gasteiger partial charge in [-0.25, -0.2) is 0 Å². The summed E-state index contributed by atoms with van der Waals surface area (Å²) in [4.78, 5) is 29.0. The molecule has 0 saturated carbocycles. The van der Waals surface area contributed by atoms with E-state index in [0.29, 0.717) is 37.0 Å². The number of hydrogen-bond acceptors (Lipinski definition) is 3. The second kappa shape index (κ2) is 7.72. The van der Waals surface area contributed by atoms with Crippen LogP contribution in [0.15, 0.2) is 24.3 Å². The van der Waals surface area contributed by atoms with Crippen LogP contribution >= 0.6 is 24.0 Å². The van der Waals surface area contributed by atoms with Gasteiger partial charge in [0.2, 0.25) is 11.8 Å². The Morgan fingerprint density at radius 1 is 1.42 bits per heavy atom. The topological polar surface area (TPSA) is 66.6 Å². The fourth-order valence-electron chi connectivity index (χ4n) is 3.63. The van der Waals surface area contributed by atoms with Crippen LogP contribution < -0.4 is 10.6 Å². The highest BCUT2D eigenvalue weighted by molar-refractivity contribution is 6.31. The molecule has 132 valence electrons. The van der Waals surface area contributed by atoms with E-state index in [9.17, 15) is 9.59 Å². The van der Waals surface area contributed by atoms with Crippen LogP contribution in [0.2, 0.25) is 5.02 Å². The van der Waals surface area contributed by atoms with Crippen molar-refractivity contribution in [2.45, 2.75) is 25.8 Å². The average Bonchev–Trinajstić information content (AvgIpc) is 3.09. The van der Waals surface area contributed by atoms with Crippen molar-refractivity contribution in [3.05, 3.63) is 29.3 Å². The predicted octanol–water partition coefficient (Wildman–Crippen LogP) is 2.31. The predicted molar refractivity (Wildman–Crippen MR) is 97.5 cm³/mol. The van der Waals surface area contributed by atoms with Crippen molar-refractivity contribution in [2.24, 2.45) is 17.6 Å². The minimum atomic E-state index is -0.576. The lowest BCUT2D eigenvalue weighted by molar-refractivity contribution is -0.140. The van der Waals surface area contributed by atoms with E-state index in [2.05, 4.69) is 0 Å². The number of amides is 2. The first-order chi connectivity index (χ1) is 11.0. The van der Waals surface area contributed by atoms with Crippen molar-refractivity contribution in [3.63, 3.8) is 0 Å². The standard InChI is InChI=1S/C17H22ClN3O2.ClH/c1-11-7-12(9-19)10-21(11)17(23)15-5-6-20(16(15)22)14-4-2-3-13(18)8-14;/h2-4,8,11-12,15H,5-7,9-10,19H2,1H3;1H. The maximum Gasteiger partial charge on any atom is 0.239 e. The molecule has 0 aromatic heterocycles. The molecule has 1 aromatic rings. The van der Waals surface area contributed by atoms with Gasteiger partial charge in [-0.2, -0.15) is 0 Å². The molecule has 0 radical (unpaired) electrons. The number of rotatable bonds is 3. The first-order valence-electron chi connectivity index (χ1n) is 8.08. The molecule has 2 amide bonds. The Balaban J connectivity index is 0.00000208. The first-order valence-corrected chi connectivity index (χ1v) is 8.46. The Morgan fingerprint density at radius 3 is 2.79 bits per heavy atom. The highest BCUT2D eigenvalue weighted by Crippen LogP contribution is 2.31. The molecular weight excluding hydrogens is 349 g/mol. The van der Waals surface area contributed by atoms with Crippen LogP contribution in [0, 0.1) is 11.8 Å². The Kier molecular flexibility index (Phi) is 6.12. The van der Waals surface area contributed by atoms with Gasteiger partial charge in [0, 0.05) is 29.8 Å². The third-order valence-corrected chi connectivity index (χ3v) is 5.14. The Morgan fingerprint density at radius 2 is 2.17 bits per heavy atom. The van der Waals surface area contributed by atoms with Crippen LogP contribution in [-0.2, 0) is 9.59 Å². The highest BCUT2D eigenvalue weighted by atomic mass is 35.5. The van der Waals surface area contributed by atoms with Crippen molar-refractivity contribution < 1.29 is 9.59 Å². The van der Waals surface area contributed by atoms with Crippen LogP contribution in [0.4, 0.5) is 5.69 Å². The number of carbonyl (C=O) groups excluding carboxylic acids is 2. The largest absolute Gasteiger partial charge is 0.339 e. The summed E-state index contributed by atoms with van der Waals surface area (Å²) in [6.45, 7) is 3.83. The first kappa shape index (κ1) is 19.0. The summed E-state index contributed by atoms with van der Waals surface area (Å²) in [6, 6.07) is 7.35. The summed E-state index contributed by atoms with van der Waals surface area (Å²) in [5.41, 5.74) is 6.48. The number of halogens is 2. The van der Waals surface area contributed by atoms with E-state index < -0.39 is 5.92 Å². The SMILES string of the molecule is CC1CC(CN)CN1C(=O)C1CCN(c2cccc(Cl)c2)C1=O.Cl. The zero-order valence-electron chi connectivity index (χ0n) is 13.7. The highest BCUT2D eigenvalue weighted by Gasteiger charge is 2.43. The number of anilines is 1. The molecule has 2 heterocycles. The lowest BCUT2D eigenvalue weighted by Gasteiger charge is -2.24. The Bertz CT molecular complexity index is 626. The van der Waals surface area contributed by atoms with Gasteiger partial charge in [-0.1, -0.05) is 17.7 Å². The van der Waals surface area contributed by atoms with Gasteiger partial charge >= 0.3 is 0 Å². The van der Waals surface area contributed by atoms with Crippen molar-refractivity contribution in [2.75, 3.05) is 24.5 Å². The molecule has 5 nitrogen and oxygen atoms in total. The molecule has 2 N–H and O–H groups in total. The monoisotopic (exact) mass is 371 g/mol. The fourth-order valence-corrected chi connectivity index (χ4v) is 3.81. The third-order valence-electron chi connectivity index (χ3n) is 4.90. The molecule has 1 aromatic carbocycles. The maximum atomic E-state index is 12.8. The Hall–Kier alpha value is -1.30. The van der Waals surface area contributed by atoms with Gasteiger partial charge in [-0.3, -0.25) is 9.59 Å². The zero-order chi connectivity index (χ0) is 16.6. The van der Waals surface area contributed by atoms with Gasteiger partial charge in [0.05, 0.1) is 0 Å². The zero-order valence-corrected chi connectivity index (χ0v) is 15.2. The summed E-state index contributed by atoms with van der Waals surface area (Å²) >= 11 is 6.00. The molecule has 3 unspecified atom stereocenters. The summed E-state index contributed by atoms with van der Waals surface area (Å²) in [5, 5.41) is 0.587. The van der Waals surface area contributed by atoms with Crippen molar-refractivity contribution >= 4 is 41.5 Å². The summed E-state index contributed by atoms with van der Waals surface area (Å²) in [5.74, 6) is -0.411. The van der Waals surface area contributed by atoms with E-state index >= 15 is 0 Å². The van der Waals surface area contributed by atoms with Crippen LogP contribution in [-0.4, -0.2) is 42.4 Å². The number of hydrogen-bond donors (Lipinski definition) is 1. The molecule has 24 heavy (non-hydrogen) atoms. The summed E-state index contributed by atoms with van der Waals surface area (Å²) < 4.78 is 0. The quantitative estimate of drug-likeness (QED) is 0.828. The van der Waals surface area contributed by atoms with E-state index in [-0.39, 0.29) is 30.3 Å². The van der Waals surface area contributed by atoms with Crippen LogP contribution in [0.1, 0.15) is 19.8 Å². The average molecular weight is 372 g/mol. The number of carbonyl (C=O) groups is 2. The van der Waals surface area contributed by atoms with Gasteiger partial charge in [0.1, 0.15) is 5.92 Å². The minimum absolute atomic E-state index is 0. The molecule has 2 aliphatic rings. The fraction of sp³-hybridized carbons (Fsp3) is 0.529. The number of nitrogens with zero attached hydrogens (tertiary/aromatic N) is 2. The van der Waals surface area contributed by atoms with Gasteiger partial charge in [-0.05, 0) is 50.4 Å². The normalized spacial score (nSPS) is 26.6. The second-order valence-electron chi connectivity index (χ2n) is 6.49. The van der Waals surface area contributed by atoms with E-state index in [1.54, 1.807) is 17.0 Å². The van der Waals surface area contributed by atoms with Gasteiger partial charge in [0.15, 0.2) is 0 Å². The molecule has 0 spiro atoms. The van der Waals surface area contributed by atoms with E-state index in [1.165, 1.54) is 0 Å². The molecule has 7 heteroatoms. The van der Waals surface area contributed by atoms with E-state index in [1.807, 2.05) is 24.0 Å². The lowest BCUT2D eigenvalue weighted by atomic mass is 10.1. The maximum absolute atomic E-state index is 12.8.